The third-order valence-corrected chi connectivity index (χ3v) is 3.29. The molecule has 1 atom stereocenters. The molecule has 0 aromatic heterocycles. The summed E-state index contributed by atoms with van der Waals surface area (Å²) in [6.07, 6.45) is 0. The fourth-order valence-corrected chi connectivity index (χ4v) is 2.21. The molecule has 1 aromatic carbocycles. The largest absolute Gasteiger partial charge is 0.397 e. The average Bonchev–Trinajstić information content (AvgIpc) is 2.47. The van der Waals surface area contributed by atoms with Gasteiger partial charge in [0.1, 0.15) is 6.04 Å². The highest BCUT2D eigenvalue weighted by molar-refractivity contribution is 5.96. The molecule has 1 saturated heterocycles. The van der Waals surface area contributed by atoms with Gasteiger partial charge in [-0.05, 0) is 18.2 Å². The summed E-state index contributed by atoms with van der Waals surface area (Å²) in [5.41, 5.74) is 12.9. The van der Waals surface area contributed by atoms with Gasteiger partial charge in [-0.1, -0.05) is 0 Å². The zero-order valence-corrected chi connectivity index (χ0v) is 11.3. The highest BCUT2D eigenvalue weighted by Gasteiger charge is 2.29. The molecule has 0 radical (unpaired) electrons. The predicted molar refractivity (Wildman–Crippen MR) is 75.4 cm³/mol. The smallest absolute Gasteiger partial charge is 0.251 e. The number of carbonyl (C=O) groups is 2. The molecule has 1 heterocycles. The zero-order chi connectivity index (χ0) is 14.7. The first-order valence-corrected chi connectivity index (χ1v) is 6.30. The van der Waals surface area contributed by atoms with Gasteiger partial charge < -0.3 is 26.4 Å². The number of rotatable bonds is 3. The molecule has 1 fully saturated rings. The summed E-state index contributed by atoms with van der Waals surface area (Å²) in [6.45, 7) is 1.20. The van der Waals surface area contributed by atoms with Gasteiger partial charge in [-0.3, -0.25) is 9.59 Å². The van der Waals surface area contributed by atoms with Crippen molar-refractivity contribution < 1.29 is 14.3 Å². The van der Waals surface area contributed by atoms with E-state index >= 15 is 0 Å². The lowest BCUT2D eigenvalue weighted by Crippen LogP contribution is -2.52. The van der Waals surface area contributed by atoms with Crippen LogP contribution in [0.5, 0.6) is 0 Å². The molecule has 5 N–H and O–H groups in total. The molecule has 0 spiro atoms. The van der Waals surface area contributed by atoms with Crippen LogP contribution in [-0.2, 0) is 9.53 Å². The number of ether oxygens (including phenoxy) is 1. The number of nitrogen functional groups attached to an aromatic ring is 1. The number of morpholine rings is 1. The minimum absolute atomic E-state index is 0.213. The minimum Gasteiger partial charge on any atom is -0.397 e. The Morgan fingerprint density at radius 2 is 2.20 bits per heavy atom. The van der Waals surface area contributed by atoms with Crippen LogP contribution in [0.15, 0.2) is 18.2 Å². The fraction of sp³-hybridized carbons (Fsp3) is 0.385. The molecule has 7 nitrogen and oxygen atoms in total. The number of anilines is 2. The second-order valence-electron chi connectivity index (χ2n) is 4.54. The van der Waals surface area contributed by atoms with Gasteiger partial charge in [0.25, 0.3) is 5.91 Å². The molecule has 2 amide bonds. The first-order valence-electron chi connectivity index (χ1n) is 6.30. The molecule has 2 rings (SSSR count). The number of carbonyl (C=O) groups excluding carboxylic acids is 2. The van der Waals surface area contributed by atoms with E-state index in [1.807, 2.05) is 0 Å². The summed E-state index contributed by atoms with van der Waals surface area (Å²) in [5, 5.41) is 2.55. The standard InChI is InChI=1S/C13H18N4O3/c1-16-13(19)8-2-3-9(14)10(6-8)17-4-5-20-7-11(17)12(15)18/h2-3,6,11H,4-5,7,14H2,1H3,(H2,15,18)(H,16,19). The van der Waals surface area contributed by atoms with Crippen molar-refractivity contribution >= 4 is 23.2 Å². The van der Waals surface area contributed by atoms with Crippen molar-refractivity contribution in [2.24, 2.45) is 5.73 Å². The maximum absolute atomic E-state index is 11.7. The number of amides is 2. The van der Waals surface area contributed by atoms with E-state index in [1.54, 1.807) is 30.1 Å². The van der Waals surface area contributed by atoms with Crippen LogP contribution in [0, 0.1) is 0 Å². The lowest BCUT2D eigenvalue weighted by Gasteiger charge is -2.36. The molecule has 7 heteroatoms. The van der Waals surface area contributed by atoms with Crippen LogP contribution in [0.25, 0.3) is 0 Å². The Labute approximate surface area is 116 Å². The van der Waals surface area contributed by atoms with Crippen molar-refractivity contribution in [2.45, 2.75) is 6.04 Å². The monoisotopic (exact) mass is 278 g/mol. The normalized spacial score (nSPS) is 18.6. The highest BCUT2D eigenvalue weighted by atomic mass is 16.5. The maximum Gasteiger partial charge on any atom is 0.251 e. The molecule has 1 aliphatic rings. The summed E-state index contributed by atoms with van der Waals surface area (Å²) in [5.74, 6) is -0.690. The van der Waals surface area contributed by atoms with Crippen LogP contribution in [0.1, 0.15) is 10.4 Å². The number of primary amides is 1. The Balaban J connectivity index is 2.39. The van der Waals surface area contributed by atoms with Crippen LogP contribution >= 0.6 is 0 Å². The molecule has 0 aliphatic carbocycles. The summed E-state index contributed by atoms with van der Waals surface area (Å²) in [6, 6.07) is 4.37. The Kier molecular flexibility index (Phi) is 4.09. The summed E-state index contributed by atoms with van der Waals surface area (Å²) in [7, 11) is 1.55. The number of benzene rings is 1. The average molecular weight is 278 g/mol. The fourth-order valence-electron chi connectivity index (χ4n) is 2.21. The van der Waals surface area contributed by atoms with E-state index in [4.69, 9.17) is 16.2 Å². The predicted octanol–water partition coefficient (Wildman–Crippen LogP) is -0.681. The molecular formula is C13H18N4O3. The first-order chi connectivity index (χ1) is 9.54. The quantitative estimate of drug-likeness (QED) is 0.634. The van der Waals surface area contributed by atoms with E-state index in [0.717, 1.165) is 0 Å². The van der Waals surface area contributed by atoms with Crippen LogP contribution in [0.2, 0.25) is 0 Å². The molecule has 108 valence electrons. The van der Waals surface area contributed by atoms with Crippen molar-refractivity contribution in [3.05, 3.63) is 23.8 Å². The van der Waals surface area contributed by atoms with Crippen LogP contribution in [0.4, 0.5) is 11.4 Å². The lowest BCUT2D eigenvalue weighted by atomic mass is 10.1. The van der Waals surface area contributed by atoms with Crippen LogP contribution in [0.3, 0.4) is 0 Å². The van der Waals surface area contributed by atoms with Gasteiger partial charge in [-0.25, -0.2) is 0 Å². The van der Waals surface area contributed by atoms with E-state index in [9.17, 15) is 9.59 Å². The van der Waals surface area contributed by atoms with Crippen LogP contribution < -0.4 is 21.7 Å². The Hall–Kier alpha value is -2.28. The zero-order valence-electron chi connectivity index (χ0n) is 11.3. The third-order valence-electron chi connectivity index (χ3n) is 3.29. The maximum atomic E-state index is 11.7. The van der Waals surface area contributed by atoms with Crippen molar-refractivity contribution in [3.8, 4) is 0 Å². The van der Waals surface area contributed by atoms with Crippen molar-refractivity contribution in [1.29, 1.82) is 0 Å². The van der Waals surface area contributed by atoms with Gasteiger partial charge in [0.05, 0.1) is 24.6 Å². The molecular weight excluding hydrogens is 260 g/mol. The topological polar surface area (TPSA) is 111 Å². The van der Waals surface area contributed by atoms with E-state index in [1.165, 1.54) is 0 Å². The number of nitrogens with zero attached hydrogens (tertiary/aromatic N) is 1. The molecule has 1 unspecified atom stereocenters. The minimum atomic E-state index is -0.578. The van der Waals surface area contributed by atoms with Crippen LogP contribution in [-0.4, -0.2) is 44.7 Å². The molecule has 0 bridgehead atoms. The van der Waals surface area contributed by atoms with E-state index in [2.05, 4.69) is 5.32 Å². The van der Waals surface area contributed by atoms with Crippen molar-refractivity contribution in [2.75, 3.05) is 37.4 Å². The number of hydrogen-bond acceptors (Lipinski definition) is 5. The molecule has 1 aliphatic heterocycles. The Bertz CT molecular complexity index is 532. The molecule has 20 heavy (non-hydrogen) atoms. The number of nitrogens with two attached hydrogens (primary N) is 2. The van der Waals surface area contributed by atoms with Crippen molar-refractivity contribution in [3.63, 3.8) is 0 Å². The SMILES string of the molecule is CNC(=O)c1ccc(N)c(N2CCOCC2C(N)=O)c1. The van der Waals surface area contributed by atoms with E-state index in [0.29, 0.717) is 30.1 Å². The van der Waals surface area contributed by atoms with Gasteiger partial charge in [-0.15, -0.1) is 0 Å². The highest BCUT2D eigenvalue weighted by Crippen LogP contribution is 2.27. The van der Waals surface area contributed by atoms with E-state index < -0.39 is 11.9 Å². The van der Waals surface area contributed by atoms with Crippen molar-refractivity contribution in [1.82, 2.24) is 5.32 Å². The summed E-state index contributed by atoms with van der Waals surface area (Å²) < 4.78 is 5.27. The third kappa shape index (κ3) is 2.67. The summed E-state index contributed by atoms with van der Waals surface area (Å²) in [4.78, 5) is 25.0. The number of hydrogen-bond donors (Lipinski definition) is 3. The molecule has 0 saturated carbocycles. The van der Waals surface area contributed by atoms with Gasteiger partial charge >= 0.3 is 0 Å². The summed E-state index contributed by atoms with van der Waals surface area (Å²) >= 11 is 0. The first kappa shape index (κ1) is 14.1. The Morgan fingerprint density at radius 3 is 2.85 bits per heavy atom. The second kappa shape index (κ2) is 5.79. The van der Waals surface area contributed by atoms with Gasteiger partial charge in [-0.2, -0.15) is 0 Å². The van der Waals surface area contributed by atoms with Gasteiger partial charge in [0, 0.05) is 19.2 Å². The second-order valence-corrected chi connectivity index (χ2v) is 4.54. The van der Waals surface area contributed by atoms with Gasteiger partial charge in [0.2, 0.25) is 5.91 Å². The Morgan fingerprint density at radius 1 is 1.45 bits per heavy atom. The molecule has 1 aromatic rings. The number of nitrogens with one attached hydrogen (secondary N) is 1. The van der Waals surface area contributed by atoms with E-state index in [-0.39, 0.29) is 12.5 Å². The van der Waals surface area contributed by atoms with Gasteiger partial charge in [0.15, 0.2) is 0 Å². The lowest BCUT2D eigenvalue weighted by molar-refractivity contribution is -0.121.